The van der Waals surface area contributed by atoms with Gasteiger partial charge in [-0.3, -0.25) is 4.98 Å². The summed E-state index contributed by atoms with van der Waals surface area (Å²) in [6, 6.07) is 0. The van der Waals surface area contributed by atoms with Crippen molar-refractivity contribution in [1.29, 1.82) is 0 Å². The van der Waals surface area contributed by atoms with Crippen LogP contribution in [0.3, 0.4) is 0 Å². The molecule has 0 aliphatic heterocycles. The van der Waals surface area contributed by atoms with Crippen molar-refractivity contribution in [3.8, 4) is 5.75 Å². The van der Waals surface area contributed by atoms with Crippen LogP contribution in [0.2, 0.25) is 0 Å². The predicted octanol–water partition coefficient (Wildman–Crippen LogP) is 1.71. The van der Waals surface area contributed by atoms with Gasteiger partial charge in [0.2, 0.25) is 0 Å². The van der Waals surface area contributed by atoms with Crippen LogP contribution < -0.4 is 10.1 Å². The number of aliphatic hydroxyl groups excluding tert-OH is 1. The van der Waals surface area contributed by atoms with E-state index in [0.717, 1.165) is 35.4 Å². The highest BCUT2D eigenvalue weighted by molar-refractivity contribution is 5.41. The molecule has 0 spiro atoms. The molecule has 1 aromatic rings. The van der Waals surface area contributed by atoms with Gasteiger partial charge >= 0.3 is 0 Å². The van der Waals surface area contributed by atoms with Crippen molar-refractivity contribution in [2.24, 2.45) is 0 Å². The van der Waals surface area contributed by atoms with E-state index in [1.165, 1.54) is 6.42 Å². The maximum absolute atomic E-state index is 9.42. The Bertz CT molecular complexity index is 423. The number of nitrogens with one attached hydrogen (secondary N) is 1. The van der Waals surface area contributed by atoms with Gasteiger partial charge < -0.3 is 15.2 Å². The molecule has 1 fully saturated rings. The van der Waals surface area contributed by atoms with Gasteiger partial charge in [-0.25, -0.2) is 0 Å². The first-order chi connectivity index (χ1) is 8.62. The summed E-state index contributed by atoms with van der Waals surface area (Å²) in [5.41, 5.74) is 3.06. The summed E-state index contributed by atoms with van der Waals surface area (Å²) in [6.07, 6.45) is 5.13. The van der Waals surface area contributed by atoms with Crippen molar-refractivity contribution in [3.63, 3.8) is 0 Å². The Balaban J connectivity index is 2.10. The average molecular weight is 250 g/mol. The van der Waals surface area contributed by atoms with Crippen LogP contribution in [0.25, 0.3) is 0 Å². The molecule has 2 rings (SSSR count). The summed E-state index contributed by atoms with van der Waals surface area (Å²) >= 11 is 0. The van der Waals surface area contributed by atoms with Crippen LogP contribution in [0.15, 0.2) is 6.20 Å². The molecule has 1 saturated carbocycles. The minimum Gasteiger partial charge on any atom is -0.496 e. The molecule has 0 amide bonds. The molecule has 100 valence electrons. The zero-order valence-corrected chi connectivity index (χ0v) is 11.4. The van der Waals surface area contributed by atoms with Gasteiger partial charge in [0, 0.05) is 29.4 Å². The van der Waals surface area contributed by atoms with Crippen molar-refractivity contribution in [2.75, 3.05) is 13.7 Å². The SMILES string of the molecule is COc1c(C)cnc(CNC2(CO)CCC2)c1C. The van der Waals surface area contributed by atoms with Crippen molar-refractivity contribution >= 4 is 0 Å². The summed E-state index contributed by atoms with van der Waals surface area (Å²) in [6.45, 7) is 4.91. The van der Waals surface area contributed by atoms with E-state index in [2.05, 4.69) is 10.3 Å². The molecule has 0 radical (unpaired) electrons. The van der Waals surface area contributed by atoms with E-state index in [0.29, 0.717) is 6.54 Å². The van der Waals surface area contributed by atoms with Gasteiger partial charge in [-0.05, 0) is 33.1 Å². The van der Waals surface area contributed by atoms with Crippen molar-refractivity contribution < 1.29 is 9.84 Å². The van der Waals surface area contributed by atoms with Crippen LogP contribution in [0.4, 0.5) is 0 Å². The number of ether oxygens (including phenoxy) is 1. The van der Waals surface area contributed by atoms with Gasteiger partial charge in [-0.15, -0.1) is 0 Å². The first-order valence-corrected chi connectivity index (χ1v) is 6.47. The summed E-state index contributed by atoms with van der Waals surface area (Å²) in [5.74, 6) is 0.911. The lowest BCUT2D eigenvalue weighted by Crippen LogP contribution is -2.53. The summed E-state index contributed by atoms with van der Waals surface area (Å²) in [7, 11) is 1.69. The molecule has 4 nitrogen and oxygen atoms in total. The van der Waals surface area contributed by atoms with Gasteiger partial charge in [0.1, 0.15) is 5.75 Å². The smallest absolute Gasteiger partial charge is 0.128 e. The van der Waals surface area contributed by atoms with E-state index >= 15 is 0 Å². The molecule has 1 aromatic heterocycles. The second-order valence-electron chi connectivity index (χ2n) is 5.19. The lowest BCUT2D eigenvalue weighted by Gasteiger charge is -2.41. The van der Waals surface area contributed by atoms with E-state index in [1.807, 2.05) is 20.0 Å². The first-order valence-electron chi connectivity index (χ1n) is 6.47. The lowest BCUT2D eigenvalue weighted by atomic mass is 9.77. The highest BCUT2D eigenvalue weighted by Gasteiger charge is 2.35. The fourth-order valence-electron chi connectivity index (χ4n) is 2.51. The standard InChI is InChI=1S/C14H22N2O2/c1-10-7-15-12(11(2)13(10)18-3)8-16-14(9-17)5-4-6-14/h7,16-17H,4-6,8-9H2,1-3H3. The number of aromatic nitrogens is 1. The van der Waals surface area contributed by atoms with E-state index < -0.39 is 0 Å². The minimum absolute atomic E-state index is 0.0771. The molecule has 0 bridgehead atoms. The molecule has 0 aromatic carbocycles. The van der Waals surface area contributed by atoms with Crippen LogP contribution >= 0.6 is 0 Å². The topological polar surface area (TPSA) is 54.4 Å². The highest BCUT2D eigenvalue weighted by Crippen LogP contribution is 2.32. The van der Waals surface area contributed by atoms with Gasteiger partial charge in [-0.1, -0.05) is 0 Å². The fraction of sp³-hybridized carbons (Fsp3) is 0.643. The van der Waals surface area contributed by atoms with Gasteiger partial charge in [0.05, 0.1) is 19.4 Å². The van der Waals surface area contributed by atoms with E-state index in [4.69, 9.17) is 4.74 Å². The average Bonchev–Trinajstić information content (AvgIpc) is 2.31. The third-order valence-corrected chi connectivity index (χ3v) is 3.99. The zero-order chi connectivity index (χ0) is 13.2. The molecule has 4 heteroatoms. The number of hydrogen-bond acceptors (Lipinski definition) is 4. The summed E-state index contributed by atoms with van der Waals surface area (Å²) in [4.78, 5) is 4.46. The van der Waals surface area contributed by atoms with Gasteiger partial charge in [0.15, 0.2) is 0 Å². The van der Waals surface area contributed by atoms with Gasteiger partial charge in [0.25, 0.3) is 0 Å². The molecule has 2 N–H and O–H groups in total. The summed E-state index contributed by atoms with van der Waals surface area (Å²) < 4.78 is 5.40. The fourth-order valence-corrected chi connectivity index (χ4v) is 2.51. The Kier molecular flexibility index (Phi) is 3.88. The van der Waals surface area contributed by atoms with Gasteiger partial charge in [-0.2, -0.15) is 0 Å². The molecule has 18 heavy (non-hydrogen) atoms. The highest BCUT2D eigenvalue weighted by atomic mass is 16.5. The second kappa shape index (κ2) is 5.24. The number of hydrogen-bond donors (Lipinski definition) is 2. The number of aliphatic hydroxyl groups is 1. The van der Waals surface area contributed by atoms with E-state index in [9.17, 15) is 5.11 Å². The monoisotopic (exact) mass is 250 g/mol. The Morgan fingerprint density at radius 3 is 2.67 bits per heavy atom. The Labute approximate surface area is 108 Å². The van der Waals surface area contributed by atoms with Crippen molar-refractivity contribution in [2.45, 2.75) is 45.2 Å². The molecule has 0 atom stereocenters. The van der Waals surface area contributed by atoms with Crippen molar-refractivity contribution in [1.82, 2.24) is 10.3 Å². The summed E-state index contributed by atoms with van der Waals surface area (Å²) in [5, 5.41) is 12.9. The molecule has 0 unspecified atom stereocenters. The largest absolute Gasteiger partial charge is 0.496 e. The minimum atomic E-state index is -0.0771. The lowest BCUT2D eigenvalue weighted by molar-refractivity contribution is 0.0868. The maximum Gasteiger partial charge on any atom is 0.128 e. The molecule has 1 aliphatic rings. The maximum atomic E-state index is 9.42. The Morgan fingerprint density at radius 1 is 1.44 bits per heavy atom. The predicted molar refractivity (Wildman–Crippen MR) is 70.8 cm³/mol. The molecule has 0 saturated heterocycles. The Hall–Kier alpha value is -1.13. The van der Waals surface area contributed by atoms with Crippen LogP contribution in [0, 0.1) is 13.8 Å². The van der Waals surface area contributed by atoms with Crippen LogP contribution in [0.1, 0.15) is 36.1 Å². The van der Waals surface area contributed by atoms with E-state index in [1.54, 1.807) is 7.11 Å². The molecular weight excluding hydrogens is 228 g/mol. The third-order valence-electron chi connectivity index (χ3n) is 3.99. The third kappa shape index (κ3) is 2.35. The van der Waals surface area contributed by atoms with Crippen LogP contribution in [0.5, 0.6) is 5.75 Å². The first kappa shape index (κ1) is 13.3. The second-order valence-corrected chi connectivity index (χ2v) is 5.19. The number of pyridine rings is 1. The number of methoxy groups -OCH3 is 1. The number of rotatable bonds is 5. The zero-order valence-electron chi connectivity index (χ0n) is 11.4. The quantitative estimate of drug-likeness (QED) is 0.835. The molecular formula is C14H22N2O2. The van der Waals surface area contributed by atoms with Crippen molar-refractivity contribution in [3.05, 3.63) is 23.0 Å². The van der Waals surface area contributed by atoms with Crippen LogP contribution in [-0.2, 0) is 6.54 Å². The Morgan fingerprint density at radius 2 is 2.17 bits per heavy atom. The molecule has 1 aliphatic carbocycles. The number of nitrogens with zero attached hydrogens (tertiary/aromatic N) is 1. The van der Waals surface area contributed by atoms with E-state index in [-0.39, 0.29) is 12.1 Å². The molecule has 1 heterocycles. The van der Waals surface area contributed by atoms with Crippen LogP contribution in [-0.4, -0.2) is 29.3 Å². The normalized spacial score (nSPS) is 17.3. The number of aryl methyl sites for hydroxylation is 1.